The van der Waals surface area contributed by atoms with Gasteiger partial charge in [-0.2, -0.15) is 0 Å². The lowest BCUT2D eigenvalue weighted by Gasteiger charge is -2.41. The number of ether oxygens (including phenoxy) is 2. The van der Waals surface area contributed by atoms with Gasteiger partial charge in [0, 0.05) is 13.7 Å². The monoisotopic (exact) mass is 425 g/mol. The molecule has 166 valence electrons. The van der Waals surface area contributed by atoms with E-state index in [0.717, 1.165) is 11.3 Å². The predicted molar refractivity (Wildman–Crippen MR) is 118 cm³/mol. The summed E-state index contributed by atoms with van der Waals surface area (Å²) in [5, 5.41) is 1.33. The second-order valence-electron chi connectivity index (χ2n) is 8.91. The van der Waals surface area contributed by atoms with E-state index in [1.165, 1.54) is 12.2 Å². The topological polar surface area (TPSA) is 57.2 Å². The molecule has 0 aliphatic rings. The highest BCUT2D eigenvalue weighted by Crippen LogP contribution is 2.38. The van der Waals surface area contributed by atoms with Crippen molar-refractivity contribution in [1.82, 2.24) is 5.06 Å². The van der Waals surface area contributed by atoms with Crippen molar-refractivity contribution in [1.29, 1.82) is 0 Å². The van der Waals surface area contributed by atoms with Crippen molar-refractivity contribution in [3.8, 4) is 5.75 Å². The number of benzene rings is 1. The van der Waals surface area contributed by atoms with E-state index in [-0.39, 0.29) is 23.0 Å². The fourth-order valence-corrected chi connectivity index (χ4v) is 4.05. The minimum absolute atomic E-state index is 0.0606. The largest absolute Gasteiger partial charge is 0.497 e. The minimum atomic E-state index is -2.04. The molecular weight excluding hydrogens is 386 g/mol. The van der Waals surface area contributed by atoms with E-state index in [1.54, 1.807) is 14.2 Å². The Hall–Kier alpha value is -1.41. The Morgan fingerprint density at radius 3 is 2.21 bits per heavy atom. The number of carbonyl (C=O) groups excluding carboxylic acids is 1. The number of rotatable bonds is 11. The van der Waals surface area contributed by atoms with E-state index < -0.39 is 8.32 Å². The van der Waals surface area contributed by atoms with E-state index in [9.17, 15) is 4.79 Å². The standard InChI is InChI=1S/C22H39NO5Si/c1-17(21(24)23(5)26-7)20(28-29(8,9)22(2,3)4)14-15-27-16-18-10-12-19(25-6)13-11-18/h10-13,17,20H,14-16H2,1-9H3/t17-,20+/m0/s1. The van der Waals surface area contributed by atoms with E-state index in [2.05, 4.69) is 33.9 Å². The van der Waals surface area contributed by atoms with Crippen molar-refractivity contribution >= 4 is 14.2 Å². The second-order valence-corrected chi connectivity index (χ2v) is 13.7. The van der Waals surface area contributed by atoms with Crippen molar-refractivity contribution in [3.63, 3.8) is 0 Å². The summed E-state index contributed by atoms with van der Waals surface area (Å²) in [7, 11) is 2.73. The zero-order valence-corrected chi connectivity index (χ0v) is 20.6. The molecule has 0 radical (unpaired) electrons. The molecule has 0 aromatic heterocycles. The highest BCUT2D eigenvalue weighted by Gasteiger charge is 2.41. The number of hydrogen-bond donors (Lipinski definition) is 0. The minimum Gasteiger partial charge on any atom is -0.497 e. The Morgan fingerprint density at radius 2 is 1.72 bits per heavy atom. The highest BCUT2D eigenvalue weighted by atomic mass is 28.4. The van der Waals surface area contributed by atoms with Crippen LogP contribution in [0, 0.1) is 5.92 Å². The van der Waals surface area contributed by atoms with Crippen LogP contribution in [0.15, 0.2) is 24.3 Å². The average molecular weight is 426 g/mol. The molecule has 0 aliphatic heterocycles. The van der Waals surface area contributed by atoms with Crippen LogP contribution in [0.4, 0.5) is 0 Å². The van der Waals surface area contributed by atoms with Crippen LogP contribution < -0.4 is 4.74 Å². The lowest BCUT2D eigenvalue weighted by molar-refractivity contribution is -0.176. The van der Waals surface area contributed by atoms with Crippen LogP contribution >= 0.6 is 0 Å². The summed E-state index contributed by atoms with van der Waals surface area (Å²) in [6.07, 6.45) is 0.421. The van der Waals surface area contributed by atoms with Crippen molar-refractivity contribution in [3.05, 3.63) is 29.8 Å². The van der Waals surface area contributed by atoms with Crippen LogP contribution in [0.25, 0.3) is 0 Å². The molecule has 0 spiro atoms. The molecule has 7 heteroatoms. The Morgan fingerprint density at radius 1 is 1.14 bits per heavy atom. The van der Waals surface area contributed by atoms with Crippen LogP contribution in [0.3, 0.4) is 0 Å². The zero-order chi connectivity index (χ0) is 22.2. The Kier molecular flexibility index (Phi) is 9.81. The van der Waals surface area contributed by atoms with Gasteiger partial charge in [0.2, 0.25) is 0 Å². The van der Waals surface area contributed by atoms with Gasteiger partial charge in [0.05, 0.1) is 32.8 Å². The summed E-state index contributed by atoms with van der Waals surface area (Å²) in [6, 6.07) is 7.82. The quantitative estimate of drug-likeness (QED) is 0.293. The lowest BCUT2D eigenvalue weighted by Crippen LogP contribution is -2.48. The van der Waals surface area contributed by atoms with Gasteiger partial charge >= 0.3 is 0 Å². The number of nitrogens with zero attached hydrogens (tertiary/aromatic N) is 1. The third kappa shape index (κ3) is 7.73. The Bertz CT molecular complexity index is 627. The van der Waals surface area contributed by atoms with Gasteiger partial charge in [-0.25, -0.2) is 5.06 Å². The van der Waals surface area contributed by atoms with E-state index in [4.69, 9.17) is 18.7 Å². The zero-order valence-electron chi connectivity index (χ0n) is 19.6. The molecule has 0 saturated heterocycles. The Balaban J connectivity index is 2.75. The van der Waals surface area contributed by atoms with Crippen LogP contribution in [0.1, 0.15) is 39.7 Å². The fourth-order valence-electron chi connectivity index (χ4n) is 2.61. The van der Waals surface area contributed by atoms with Crippen molar-refractivity contribution in [2.75, 3.05) is 27.9 Å². The lowest BCUT2D eigenvalue weighted by atomic mass is 10.0. The second kappa shape index (κ2) is 11.1. The molecule has 1 rings (SSSR count). The van der Waals surface area contributed by atoms with Gasteiger partial charge in [0.15, 0.2) is 8.32 Å². The number of hydrogen-bond acceptors (Lipinski definition) is 5. The maximum atomic E-state index is 12.6. The number of hydroxylamine groups is 2. The van der Waals surface area contributed by atoms with Gasteiger partial charge in [0.1, 0.15) is 5.75 Å². The van der Waals surface area contributed by atoms with Crippen LogP contribution in [0.2, 0.25) is 18.1 Å². The predicted octanol–water partition coefficient (Wildman–Crippen LogP) is 4.65. The normalized spacial score (nSPS) is 14.4. The number of methoxy groups -OCH3 is 1. The molecule has 0 N–H and O–H groups in total. The van der Waals surface area contributed by atoms with Gasteiger partial charge < -0.3 is 13.9 Å². The van der Waals surface area contributed by atoms with Gasteiger partial charge in [-0.05, 0) is 42.2 Å². The van der Waals surface area contributed by atoms with Gasteiger partial charge in [-0.3, -0.25) is 9.63 Å². The summed E-state index contributed by atoms with van der Waals surface area (Å²) in [5.41, 5.74) is 1.08. The number of carbonyl (C=O) groups is 1. The summed E-state index contributed by atoms with van der Waals surface area (Å²) >= 11 is 0. The Labute approximate surface area is 177 Å². The molecule has 0 unspecified atom stereocenters. The van der Waals surface area contributed by atoms with Crippen molar-refractivity contribution in [2.24, 2.45) is 5.92 Å². The fraction of sp³-hybridized carbons (Fsp3) is 0.682. The molecule has 0 fully saturated rings. The number of amides is 1. The van der Waals surface area contributed by atoms with E-state index in [1.807, 2.05) is 31.2 Å². The molecule has 0 heterocycles. The highest BCUT2D eigenvalue weighted by molar-refractivity contribution is 6.74. The smallest absolute Gasteiger partial charge is 0.251 e. The van der Waals surface area contributed by atoms with Gasteiger partial charge in [-0.15, -0.1) is 0 Å². The first-order valence-electron chi connectivity index (χ1n) is 10.1. The molecule has 6 nitrogen and oxygen atoms in total. The van der Waals surface area contributed by atoms with Gasteiger partial charge in [-0.1, -0.05) is 39.8 Å². The summed E-state index contributed by atoms with van der Waals surface area (Å²) in [4.78, 5) is 17.7. The molecular formula is C22H39NO5Si. The molecule has 0 aliphatic carbocycles. The molecule has 2 atom stereocenters. The molecule has 1 aromatic carbocycles. The van der Waals surface area contributed by atoms with Crippen LogP contribution in [0.5, 0.6) is 5.75 Å². The van der Waals surface area contributed by atoms with Crippen LogP contribution in [-0.2, 0) is 25.4 Å². The maximum absolute atomic E-state index is 12.6. The van der Waals surface area contributed by atoms with Gasteiger partial charge in [0.25, 0.3) is 5.91 Å². The summed E-state index contributed by atoms with van der Waals surface area (Å²) in [6.45, 7) is 13.9. The van der Waals surface area contributed by atoms with Crippen LogP contribution in [-0.4, -0.2) is 53.3 Å². The average Bonchev–Trinajstić information content (AvgIpc) is 2.67. The van der Waals surface area contributed by atoms with Crippen molar-refractivity contribution < 1.29 is 23.5 Å². The maximum Gasteiger partial charge on any atom is 0.251 e. The van der Waals surface area contributed by atoms with Crippen molar-refractivity contribution in [2.45, 2.75) is 65.0 Å². The summed E-state index contributed by atoms with van der Waals surface area (Å²) in [5.74, 6) is 0.413. The molecule has 29 heavy (non-hydrogen) atoms. The first-order valence-corrected chi connectivity index (χ1v) is 13.0. The summed E-state index contributed by atoms with van der Waals surface area (Å²) < 4.78 is 17.7. The molecule has 0 saturated carbocycles. The third-order valence-electron chi connectivity index (χ3n) is 5.76. The first-order chi connectivity index (χ1) is 13.4. The SMILES string of the molecule is COc1ccc(COCC[C@@H](O[Si](C)(C)C(C)(C)C)[C@H](C)C(=O)N(C)OC)cc1. The molecule has 1 amide bonds. The van der Waals surface area contributed by atoms with E-state index >= 15 is 0 Å². The third-order valence-corrected chi connectivity index (χ3v) is 10.3. The van der Waals surface area contributed by atoms with E-state index in [0.29, 0.717) is 19.6 Å². The molecule has 0 bridgehead atoms. The molecule has 1 aromatic rings. The first kappa shape index (κ1) is 25.6.